The largest absolute Gasteiger partial charge is 0.340 e. The van der Waals surface area contributed by atoms with Gasteiger partial charge in [-0.05, 0) is 0 Å². The molecule has 3 rings (SSSR count). The predicted molar refractivity (Wildman–Crippen MR) is 86.9 cm³/mol. The molecule has 3 aliphatic rings. The molecule has 3 saturated heterocycles. The molecule has 3 fully saturated rings. The summed E-state index contributed by atoms with van der Waals surface area (Å²) in [6, 6.07) is 0. The third-order valence-corrected chi connectivity index (χ3v) is 4.34. The van der Waals surface area contributed by atoms with Crippen LogP contribution in [0.3, 0.4) is 0 Å². The molecule has 0 spiro atoms. The Morgan fingerprint density at radius 3 is 1.04 bits per heavy atom. The van der Waals surface area contributed by atoms with E-state index in [4.69, 9.17) is 28.4 Å². The lowest BCUT2D eigenvalue weighted by molar-refractivity contribution is -0.188. The molecule has 0 saturated carbocycles. The fourth-order valence-corrected chi connectivity index (χ4v) is 2.86. The first kappa shape index (κ1) is 19.4. The molecule has 0 radical (unpaired) electrons. The summed E-state index contributed by atoms with van der Waals surface area (Å²) in [5.74, 6) is 0. The molecule has 0 amide bonds. The quantitative estimate of drug-likeness (QED) is 0.508. The first-order valence-corrected chi connectivity index (χ1v) is 8.76. The van der Waals surface area contributed by atoms with Crippen LogP contribution in [0.4, 0.5) is 0 Å². The Balaban J connectivity index is 1.39. The van der Waals surface area contributed by atoms with E-state index >= 15 is 0 Å². The van der Waals surface area contributed by atoms with Gasteiger partial charge in [0, 0.05) is 39.3 Å². The van der Waals surface area contributed by atoms with Crippen molar-refractivity contribution < 1.29 is 28.4 Å². The van der Waals surface area contributed by atoms with E-state index in [2.05, 4.69) is 19.6 Å². The van der Waals surface area contributed by atoms with Crippen LogP contribution in [0.5, 0.6) is 0 Å². The van der Waals surface area contributed by atoms with E-state index in [1.165, 1.54) is 0 Å². The number of nitrogens with zero attached hydrogens (tertiary/aromatic N) is 4. The van der Waals surface area contributed by atoms with Crippen LogP contribution < -0.4 is 0 Å². The average molecular weight is 362 g/mol. The molecule has 0 aromatic heterocycles. The minimum absolute atomic E-state index is 0.393. The summed E-state index contributed by atoms with van der Waals surface area (Å²) < 4.78 is 32.0. The second-order valence-corrected chi connectivity index (χ2v) is 6.38. The van der Waals surface area contributed by atoms with Crippen molar-refractivity contribution in [3.05, 3.63) is 0 Å². The Morgan fingerprint density at radius 1 is 0.480 bits per heavy atom. The molecular weight excluding hydrogens is 332 g/mol. The van der Waals surface area contributed by atoms with Gasteiger partial charge in [0.05, 0.1) is 0 Å². The van der Waals surface area contributed by atoms with Crippen LogP contribution in [-0.4, -0.2) is 120 Å². The molecule has 3 aliphatic heterocycles. The van der Waals surface area contributed by atoms with Crippen LogP contribution in [0, 0.1) is 0 Å². The molecule has 0 aromatic carbocycles. The molecule has 0 bridgehead atoms. The van der Waals surface area contributed by atoms with Crippen LogP contribution in [-0.2, 0) is 28.4 Å². The van der Waals surface area contributed by atoms with Crippen LogP contribution in [0.1, 0.15) is 0 Å². The third kappa shape index (κ3) is 7.39. The van der Waals surface area contributed by atoms with Crippen molar-refractivity contribution in [2.24, 2.45) is 0 Å². The van der Waals surface area contributed by atoms with Crippen molar-refractivity contribution in [1.29, 1.82) is 0 Å². The fourth-order valence-electron chi connectivity index (χ4n) is 2.86. The lowest BCUT2D eigenvalue weighted by Gasteiger charge is -2.33. The van der Waals surface area contributed by atoms with Gasteiger partial charge in [0.1, 0.15) is 60.8 Å². The van der Waals surface area contributed by atoms with Gasteiger partial charge in [-0.2, -0.15) is 0 Å². The SMILES string of the molecule is C1OCN(CCN(CCN2COCOC2)CCN2COCOC2)CO1. The smallest absolute Gasteiger partial charge is 0.150 e. The Labute approximate surface area is 149 Å². The van der Waals surface area contributed by atoms with Gasteiger partial charge in [-0.25, -0.2) is 0 Å². The van der Waals surface area contributed by atoms with Crippen LogP contribution in [0.15, 0.2) is 0 Å². The van der Waals surface area contributed by atoms with Crippen molar-refractivity contribution in [2.75, 3.05) is 100 Å². The average Bonchev–Trinajstić information content (AvgIpc) is 2.70. The van der Waals surface area contributed by atoms with E-state index in [1.807, 2.05) is 0 Å². The van der Waals surface area contributed by atoms with E-state index in [0.29, 0.717) is 60.8 Å². The van der Waals surface area contributed by atoms with Crippen molar-refractivity contribution in [3.63, 3.8) is 0 Å². The molecule has 25 heavy (non-hydrogen) atoms. The van der Waals surface area contributed by atoms with Crippen LogP contribution >= 0.6 is 0 Å². The maximum absolute atomic E-state index is 5.33. The van der Waals surface area contributed by atoms with Gasteiger partial charge in [0.15, 0.2) is 0 Å². The van der Waals surface area contributed by atoms with E-state index in [9.17, 15) is 0 Å². The van der Waals surface area contributed by atoms with Crippen molar-refractivity contribution in [1.82, 2.24) is 19.6 Å². The molecule has 10 nitrogen and oxygen atoms in total. The predicted octanol–water partition coefficient (Wildman–Crippen LogP) is -1.05. The molecule has 0 N–H and O–H groups in total. The monoisotopic (exact) mass is 362 g/mol. The highest BCUT2D eigenvalue weighted by atomic mass is 16.7. The molecule has 146 valence electrons. The van der Waals surface area contributed by atoms with Gasteiger partial charge >= 0.3 is 0 Å². The van der Waals surface area contributed by atoms with E-state index < -0.39 is 0 Å². The molecule has 0 unspecified atom stereocenters. The maximum atomic E-state index is 5.33. The van der Waals surface area contributed by atoms with Gasteiger partial charge in [-0.15, -0.1) is 0 Å². The number of hydrogen-bond donors (Lipinski definition) is 0. The lowest BCUT2D eigenvalue weighted by atomic mass is 10.4. The summed E-state index contributed by atoms with van der Waals surface area (Å²) >= 11 is 0. The summed E-state index contributed by atoms with van der Waals surface area (Å²) in [5.41, 5.74) is 0. The molecular formula is C15H30N4O6. The van der Waals surface area contributed by atoms with Gasteiger partial charge in [-0.3, -0.25) is 19.6 Å². The second-order valence-electron chi connectivity index (χ2n) is 6.38. The van der Waals surface area contributed by atoms with Gasteiger partial charge in [0.25, 0.3) is 0 Å². The minimum Gasteiger partial charge on any atom is -0.340 e. The maximum Gasteiger partial charge on any atom is 0.150 e. The summed E-state index contributed by atoms with van der Waals surface area (Å²) in [6.07, 6.45) is 0. The topological polar surface area (TPSA) is 68.3 Å². The summed E-state index contributed by atoms with van der Waals surface area (Å²) in [7, 11) is 0. The van der Waals surface area contributed by atoms with Gasteiger partial charge in [-0.1, -0.05) is 0 Å². The summed E-state index contributed by atoms with van der Waals surface area (Å²) in [5, 5.41) is 0. The van der Waals surface area contributed by atoms with Crippen molar-refractivity contribution in [2.45, 2.75) is 0 Å². The van der Waals surface area contributed by atoms with E-state index in [1.54, 1.807) is 0 Å². The Morgan fingerprint density at radius 2 is 0.760 bits per heavy atom. The Hall–Kier alpha value is -0.400. The Bertz CT molecular complexity index is 297. The van der Waals surface area contributed by atoms with Crippen LogP contribution in [0.2, 0.25) is 0 Å². The zero-order chi connectivity index (χ0) is 17.2. The van der Waals surface area contributed by atoms with E-state index in [0.717, 1.165) is 39.3 Å². The number of ether oxygens (including phenoxy) is 6. The van der Waals surface area contributed by atoms with Crippen molar-refractivity contribution in [3.8, 4) is 0 Å². The van der Waals surface area contributed by atoms with E-state index in [-0.39, 0.29) is 0 Å². The molecule has 0 aromatic rings. The first-order chi connectivity index (χ1) is 12.4. The standard InChI is InChI=1S/C15H30N4O6/c1(4-17-7-20-13-21-8-17)16(2-5-18-9-22-14-23-10-18)3-6-19-11-24-15-25-12-19/h1-15H2. The van der Waals surface area contributed by atoms with Gasteiger partial charge < -0.3 is 28.4 Å². The van der Waals surface area contributed by atoms with Crippen molar-refractivity contribution >= 4 is 0 Å². The normalized spacial score (nSPS) is 24.8. The zero-order valence-electron chi connectivity index (χ0n) is 14.8. The molecule has 10 heteroatoms. The summed E-state index contributed by atoms with van der Waals surface area (Å²) in [4.78, 5) is 8.93. The second kappa shape index (κ2) is 11.3. The molecule has 0 aliphatic carbocycles. The van der Waals surface area contributed by atoms with Gasteiger partial charge in [0.2, 0.25) is 0 Å². The first-order valence-electron chi connectivity index (χ1n) is 8.76. The zero-order valence-corrected chi connectivity index (χ0v) is 14.8. The highest BCUT2D eigenvalue weighted by molar-refractivity contribution is 4.66. The highest BCUT2D eigenvalue weighted by Gasteiger charge is 2.17. The fraction of sp³-hybridized carbons (Fsp3) is 1.00. The molecule has 0 atom stereocenters. The lowest BCUT2D eigenvalue weighted by Crippen LogP contribution is -2.47. The number of hydrogen-bond acceptors (Lipinski definition) is 10. The minimum atomic E-state index is 0.393. The number of rotatable bonds is 9. The third-order valence-electron chi connectivity index (χ3n) is 4.34. The highest BCUT2D eigenvalue weighted by Crippen LogP contribution is 2.03. The molecule has 3 heterocycles. The summed E-state index contributed by atoms with van der Waals surface area (Å²) in [6.45, 7) is 10.6. The van der Waals surface area contributed by atoms with Crippen LogP contribution in [0.25, 0.3) is 0 Å². The Kier molecular flexibility index (Phi) is 8.79.